The first-order chi connectivity index (χ1) is 9.95. The summed E-state index contributed by atoms with van der Waals surface area (Å²) in [6.45, 7) is 6.75. The van der Waals surface area contributed by atoms with Gasteiger partial charge in [-0.2, -0.15) is 5.10 Å². The standard InChI is InChI=1S/C13H19N5O2S/c1-5-6-18-12(11-8(2)16-17(4)9(11)3)14-15-13(18)21-7-10(19)20/h5-7H2,1-4H3,(H,19,20). The fourth-order valence-corrected chi connectivity index (χ4v) is 2.91. The fraction of sp³-hybridized carbons (Fsp3) is 0.538. The zero-order valence-corrected chi connectivity index (χ0v) is 13.4. The molecule has 0 aliphatic carbocycles. The molecule has 0 fully saturated rings. The van der Waals surface area contributed by atoms with Gasteiger partial charge in [-0.1, -0.05) is 18.7 Å². The van der Waals surface area contributed by atoms with Crippen LogP contribution in [0.15, 0.2) is 5.16 Å². The lowest BCUT2D eigenvalue weighted by Gasteiger charge is -2.08. The van der Waals surface area contributed by atoms with Crippen LogP contribution in [0.2, 0.25) is 0 Å². The molecule has 2 rings (SSSR count). The van der Waals surface area contributed by atoms with Crippen LogP contribution in [0.5, 0.6) is 0 Å². The van der Waals surface area contributed by atoms with Crippen molar-refractivity contribution in [1.82, 2.24) is 24.5 Å². The summed E-state index contributed by atoms with van der Waals surface area (Å²) in [5, 5.41) is 22.3. The van der Waals surface area contributed by atoms with Crippen LogP contribution < -0.4 is 0 Å². The average molecular weight is 309 g/mol. The summed E-state index contributed by atoms with van der Waals surface area (Å²) in [5.41, 5.74) is 2.89. The number of carboxylic acids is 1. The molecule has 8 heteroatoms. The van der Waals surface area contributed by atoms with Gasteiger partial charge < -0.3 is 9.67 Å². The molecule has 0 bridgehead atoms. The normalized spacial score (nSPS) is 11.0. The molecule has 7 nitrogen and oxygen atoms in total. The molecular formula is C13H19N5O2S. The van der Waals surface area contributed by atoms with Gasteiger partial charge in [0.05, 0.1) is 17.0 Å². The number of aryl methyl sites for hydroxylation is 2. The fourth-order valence-electron chi connectivity index (χ4n) is 2.23. The van der Waals surface area contributed by atoms with E-state index in [1.807, 2.05) is 30.1 Å². The van der Waals surface area contributed by atoms with Crippen molar-refractivity contribution in [3.63, 3.8) is 0 Å². The monoisotopic (exact) mass is 309 g/mol. The summed E-state index contributed by atoms with van der Waals surface area (Å²) < 4.78 is 3.80. The zero-order valence-electron chi connectivity index (χ0n) is 12.6. The summed E-state index contributed by atoms with van der Waals surface area (Å²) in [7, 11) is 1.90. The van der Waals surface area contributed by atoms with Gasteiger partial charge in [0.2, 0.25) is 0 Å². The highest BCUT2D eigenvalue weighted by molar-refractivity contribution is 7.99. The van der Waals surface area contributed by atoms with Crippen LogP contribution in [0.3, 0.4) is 0 Å². The Bertz CT molecular complexity index is 662. The van der Waals surface area contributed by atoms with E-state index in [4.69, 9.17) is 5.11 Å². The lowest BCUT2D eigenvalue weighted by molar-refractivity contribution is -0.133. The third-order valence-electron chi connectivity index (χ3n) is 3.22. The number of carbonyl (C=O) groups is 1. The first kappa shape index (κ1) is 15.6. The maximum Gasteiger partial charge on any atom is 0.313 e. The number of aliphatic carboxylic acids is 1. The number of carboxylic acid groups (broad SMARTS) is 1. The van der Waals surface area contributed by atoms with Gasteiger partial charge in [-0.3, -0.25) is 9.48 Å². The molecule has 2 heterocycles. The van der Waals surface area contributed by atoms with Crippen molar-refractivity contribution in [1.29, 1.82) is 0 Å². The van der Waals surface area contributed by atoms with Gasteiger partial charge in [0.1, 0.15) is 0 Å². The van der Waals surface area contributed by atoms with Crippen molar-refractivity contribution in [3.05, 3.63) is 11.4 Å². The Labute approximate surface area is 127 Å². The van der Waals surface area contributed by atoms with Gasteiger partial charge in [0.25, 0.3) is 0 Å². The van der Waals surface area contributed by atoms with E-state index in [2.05, 4.69) is 22.2 Å². The quantitative estimate of drug-likeness (QED) is 0.820. The van der Waals surface area contributed by atoms with Crippen molar-refractivity contribution in [3.8, 4) is 11.4 Å². The third kappa shape index (κ3) is 3.10. The molecule has 0 aromatic carbocycles. The van der Waals surface area contributed by atoms with E-state index in [0.717, 1.165) is 35.7 Å². The minimum absolute atomic E-state index is 0.0210. The Morgan fingerprint density at radius 3 is 2.57 bits per heavy atom. The predicted octanol–water partition coefficient (Wildman–Crippen LogP) is 1.88. The molecule has 0 atom stereocenters. The molecular weight excluding hydrogens is 290 g/mol. The van der Waals surface area contributed by atoms with E-state index < -0.39 is 5.97 Å². The van der Waals surface area contributed by atoms with Gasteiger partial charge in [0.15, 0.2) is 11.0 Å². The number of rotatable bonds is 6. The number of hydrogen-bond acceptors (Lipinski definition) is 5. The van der Waals surface area contributed by atoms with Crippen molar-refractivity contribution < 1.29 is 9.90 Å². The molecule has 0 spiro atoms. The largest absolute Gasteiger partial charge is 0.481 e. The molecule has 0 saturated heterocycles. The highest BCUT2D eigenvalue weighted by atomic mass is 32.2. The molecule has 0 radical (unpaired) electrons. The Kier molecular flexibility index (Phi) is 4.66. The molecule has 0 unspecified atom stereocenters. The molecule has 2 aromatic rings. The topological polar surface area (TPSA) is 85.8 Å². The molecule has 0 amide bonds. The van der Waals surface area contributed by atoms with Gasteiger partial charge in [-0.25, -0.2) is 0 Å². The number of thioether (sulfide) groups is 1. The summed E-state index contributed by atoms with van der Waals surface area (Å²) in [4.78, 5) is 10.7. The summed E-state index contributed by atoms with van der Waals surface area (Å²) in [6.07, 6.45) is 0.921. The molecule has 2 aromatic heterocycles. The second kappa shape index (κ2) is 6.30. The maximum absolute atomic E-state index is 10.7. The van der Waals surface area contributed by atoms with Crippen LogP contribution in [-0.2, 0) is 18.4 Å². The van der Waals surface area contributed by atoms with E-state index in [9.17, 15) is 4.79 Å². The first-order valence-corrected chi connectivity index (χ1v) is 7.72. The number of nitrogens with zero attached hydrogens (tertiary/aromatic N) is 5. The summed E-state index contributed by atoms with van der Waals surface area (Å²) in [5.74, 6) is -0.124. The van der Waals surface area contributed by atoms with E-state index in [0.29, 0.717) is 5.16 Å². The van der Waals surface area contributed by atoms with Crippen LogP contribution >= 0.6 is 11.8 Å². The summed E-state index contributed by atoms with van der Waals surface area (Å²) >= 11 is 1.19. The smallest absolute Gasteiger partial charge is 0.313 e. The average Bonchev–Trinajstić information content (AvgIpc) is 2.90. The zero-order chi connectivity index (χ0) is 15.6. The molecule has 0 aliphatic heterocycles. The van der Waals surface area contributed by atoms with Gasteiger partial charge in [-0.15, -0.1) is 10.2 Å². The number of aromatic nitrogens is 5. The Morgan fingerprint density at radius 2 is 2.05 bits per heavy atom. The van der Waals surface area contributed by atoms with E-state index in [1.54, 1.807) is 0 Å². The Hall–Kier alpha value is -1.83. The van der Waals surface area contributed by atoms with Gasteiger partial charge in [0, 0.05) is 19.3 Å². The van der Waals surface area contributed by atoms with E-state index >= 15 is 0 Å². The second-order valence-electron chi connectivity index (χ2n) is 4.81. The van der Waals surface area contributed by atoms with Crippen LogP contribution in [0.1, 0.15) is 24.7 Å². The molecule has 114 valence electrons. The van der Waals surface area contributed by atoms with Crippen LogP contribution in [0.25, 0.3) is 11.4 Å². The maximum atomic E-state index is 10.7. The highest BCUT2D eigenvalue weighted by Crippen LogP contribution is 2.28. The summed E-state index contributed by atoms with van der Waals surface area (Å²) in [6, 6.07) is 0. The van der Waals surface area contributed by atoms with Gasteiger partial charge >= 0.3 is 5.97 Å². The van der Waals surface area contributed by atoms with Crippen LogP contribution in [-0.4, -0.2) is 41.4 Å². The lowest BCUT2D eigenvalue weighted by Crippen LogP contribution is -2.05. The van der Waals surface area contributed by atoms with Crippen molar-refractivity contribution in [2.75, 3.05) is 5.75 Å². The van der Waals surface area contributed by atoms with E-state index in [-0.39, 0.29) is 5.75 Å². The SMILES string of the molecule is CCCn1c(SCC(=O)O)nnc1-c1c(C)nn(C)c1C. The van der Waals surface area contributed by atoms with Crippen molar-refractivity contribution in [2.24, 2.45) is 7.05 Å². The first-order valence-electron chi connectivity index (χ1n) is 6.74. The minimum Gasteiger partial charge on any atom is -0.481 e. The van der Waals surface area contributed by atoms with Gasteiger partial charge in [-0.05, 0) is 20.3 Å². The highest BCUT2D eigenvalue weighted by Gasteiger charge is 2.20. The number of hydrogen-bond donors (Lipinski definition) is 1. The van der Waals surface area contributed by atoms with Crippen molar-refractivity contribution >= 4 is 17.7 Å². The Balaban J connectivity index is 2.46. The predicted molar refractivity (Wildman–Crippen MR) is 80.3 cm³/mol. The third-order valence-corrected chi connectivity index (χ3v) is 4.17. The molecule has 1 N–H and O–H groups in total. The van der Waals surface area contributed by atoms with Crippen LogP contribution in [0, 0.1) is 13.8 Å². The minimum atomic E-state index is -0.860. The Morgan fingerprint density at radius 1 is 1.33 bits per heavy atom. The molecule has 21 heavy (non-hydrogen) atoms. The molecule has 0 aliphatic rings. The molecule has 0 saturated carbocycles. The van der Waals surface area contributed by atoms with Crippen LogP contribution in [0.4, 0.5) is 0 Å². The lowest BCUT2D eigenvalue weighted by atomic mass is 10.2. The van der Waals surface area contributed by atoms with E-state index in [1.165, 1.54) is 11.8 Å². The second-order valence-corrected chi connectivity index (χ2v) is 5.75. The van der Waals surface area contributed by atoms with Crippen molar-refractivity contribution in [2.45, 2.75) is 38.9 Å².